The van der Waals surface area contributed by atoms with Gasteiger partial charge in [-0.2, -0.15) is 5.26 Å². The van der Waals surface area contributed by atoms with E-state index in [4.69, 9.17) is 24.7 Å². The SMILES string of the molecule is CCOC(=O)C1=C(C)OC(N)=C(C#N)C1c1cc(I)c(OCc2ccc(F)cc2)c(OCC)c1. The van der Waals surface area contributed by atoms with Crippen LogP contribution in [0.5, 0.6) is 11.5 Å². The largest absolute Gasteiger partial charge is 0.490 e. The van der Waals surface area contributed by atoms with Crippen LogP contribution in [-0.4, -0.2) is 19.2 Å². The third kappa shape index (κ3) is 5.44. The fourth-order valence-electron chi connectivity index (χ4n) is 3.58. The minimum atomic E-state index is -0.795. The molecular formula is C25H24FIN2O5. The lowest BCUT2D eigenvalue weighted by molar-refractivity contribution is -0.139. The predicted molar refractivity (Wildman–Crippen MR) is 131 cm³/mol. The Morgan fingerprint density at radius 2 is 1.91 bits per heavy atom. The smallest absolute Gasteiger partial charge is 0.338 e. The third-order valence-corrected chi connectivity index (χ3v) is 5.86. The van der Waals surface area contributed by atoms with E-state index < -0.39 is 11.9 Å². The quantitative estimate of drug-likeness (QED) is 0.345. The first kappa shape index (κ1) is 25.4. The summed E-state index contributed by atoms with van der Waals surface area (Å²) >= 11 is 2.11. The lowest BCUT2D eigenvalue weighted by Gasteiger charge is -2.27. The summed E-state index contributed by atoms with van der Waals surface area (Å²) in [4.78, 5) is 12.8. The van der Waals surface area contributed by atoms with Gasteiger partial charge < -0.3 is 24.7 Å². The number of nitrogens with zero attached hydrogens (tertiary/aromatic N) is 1. The first-order valence-electron chi connectivity index (χ1n) is 10.6. The van der Waals surface area contributed by atoms with Gasteiger partial charge in [-0.1, -0.05) is 12.1 Å². The fourth-order valence-corrected chi connectivity index (χ4v) is 4.36. The van der Waals surface area contributed by atoms with Gasteiger partial charge in [0.1, 0.15) is 29.8 Å². The Bertz CT molecular complexity index is 1190. The van der Waals surface area contributed by atoms with E-state index in [1.54, 1.807) is 38.1 Å². The second kappa shape index (κ2) is 11.2. The van der Waals surface area contributed by atoms with Crippen molar-refractivity contribution < 1.29 is 28.1 Å². The van der Waals surface area contributed by atoms with E-state index in [0.29, 0.717) is 27.2 Å². The molecule has 0 radical (unpaired) electrons. The van der Waals surface area contributed by atoms with Gasteiger partial charge >= 0.3 is 5.97 Å². The molecule has 0 fully saturated rings. The molecule has 2 aromatic carbocycles. The molecular weight excluding hydrogens is 554 g/mol. The van der Waals surface area contributed by atoms with Crippen LogP contribution in [0.15, 0.2) is 59.2 Å². The van der Waals surface area contributed by atoms with Gasteiger partial charge in [0.05, 0.1) is 28.3 Å². The van der Waals surface area contributed by atoms with Crippen molar-refractivity contribution >= 4 is 28.6 Å². The average Bonchev–Trinajstić information content (AvgIpc) is 2.79. The Hall–Kier alpha value is -3.26. The standard InChI is InChI=1S/C25H24FIN2O5/c1-4-31-20-11-16(10-19(27)23(20)33-13-15-6-8-17(26)9-7-15)22-18(12-28)24(29)34-14(3)21(22)25(30)32-5-2/h6-11,22H,4-5,13,29H2,1-3H3. The van der Waals surface area contributed by atoms with Crippen LogP contribution in [0.25, 0.3) is 0 Å². The van der Waals surface area contributed by atoms with Crippen LogP contribution >= 0.6 is 22.6 Å². The fraction of sp³-hybridized carbons (Fsp3) is 0.280. The van der Waals surface area contributed by atoms with Crippen LogP contribution in [-0.2, 0) is 20.9 Å². The van der Waals surface area contributed by atoms with Crippen molar-refractivity contribution in [1.29, 1.82) is 5.26 Å². The van der Waals surface area contributed by atoms with Crippen LogP contribution < -0.4 is 15.2 Å². The lowest BCUT2D eigenvalue weighted by Crippen LogP contribution is -2.25. The summed E-state index contributed by atoms with van der Waals surface area (Å²) in [5.41, 5.74) is 7.69. The zero-order chi connectivity index (χ0) is 24.8. The molecule has 1 unspecified atom stereocenters. The number of halogens is 2. The Morgan fingerprint density at radius 1 is 1.21 bits per heavy atom. The lowest BCUT2D eigenvalue weighted by atomic mass is 9.83. The van der Waals surface area contributed by atoms with E-state index in [-0.39, 0.29) is 41.8 Å². The zero-order valence-corrected chi connectivity index (χ0v) is 21.1. The van der Waals surface area contributed by atoms with Crippen molar-refractivity contribution in [3.05, 3.63) is 79.7 Å². The average molecular weight is 578 g/mol. The van der Waals surface area contributed by atoms with E-state index in [2.05, 4.69) is 28.7 Å². The molecule has 0 bridgehead atoms. The van der Waals surface area contributed by atoms with Gasteiger partial charge in [0, 0.05) is 0 Å². The number of ether oxygens (including phenoxy) is 4. The molecule has 0 saturated carbocycles. The van der Waals surface area contributed by atoms with E-state index in [0.717, 1.165) is 5.56 Å². The molecule has 2 N–H and O–H groups in total. The maximum absolute atomic E-state index is 13.2. The van der Waals surface area contributed by atoms with Crippen molar-refractivity contribution in [2.45, 2.75) is 33.3 Å². The number of hydrogen-bond donors (Lipinski definition) is 1. The molecule has 1 aliphatic heterocycles. The summed E-state index contributed by atoms with van der Waals surface area (Å²) in [7, 11) is 0. The number of nitriles is 1. The number of hydrogen-bond acceptors (Lipinski definition) is 7. The predicted octanol–water partition coefficient (Wildman–Crippen LogP) is 5.05. The highest BCUT2D eigenvalue weighted by Crippen LogP contribution is 2.44. The van der Waals surface area contributed by atoms with Crippen molar-refractivity contribution in [3.63, 3.8) is 0 Å². The first-order valence-corrected chi connectivity index (χ1v) is 11.7. The first-order chi connectivity index (χ1) is 16.3. The van der Waals surface area contributed by atoms with E-state index >= 15 is 0 Å². The number of benzene rings is 2. The Labute approximate surface area is 211 Å². The highest BCUT2D eigenvalue weighted by Gasteiger charge is 2.37. The van der Waals surface area contributed by atoms with Crippen LogP contribution in [0, 0.1) is 20.7 Å². The molecule has 0 aromatic heterocycles. The number of esters is 1. The maximum atomic E-state index is 13.2. The zero-order valence-electron chi connectivity index (χ0n) is 19.0. The van der Waals surface area contributed by atoms with Crippen LogP contribution in [0.2, 0.25) is 0 Å². The molecule has 1 heterocycles. The number of rotatable bonds is 8. The molecule has 178 valence electrons. The van der Waals surface area contributed by atoms with Crippen LogP contribution in [0.1, 0.15) is 37.8 Å². The van der Waals surface area contributed by atoms with E-state index in [1.807, 2.05) is 6.92 Å². The van der Waals surface area contributed by atoms with Gasteiger partial charge in [0.15, 0.2) is 11.5 Å². The Kier molecular flexibility index (Phi) is 8.39. The molecule has 1 aliphatic rings. The summed E-state index contributed by atoms with van der Waals surface area (Å²) in [5.74, 6) is -0.569. The summed E-state index contributed by atoms with van der Waals surface area (Å²) in [5, 5.41) is 9.81. The van der Waals surface area contributed by atoms with Crippen LogP contribution in [0.3, 0.4) is 0 Å². The molecule has 2 aromatic rings. The third-order valence-electron chi connectivity index (χ3n) is 5.06. The summed E-state index contributed by atoms with van der Waals surface area (Å²) < 4.78 is 36.5. The molecule has 7 nitrogen and oxygen atoms in total. The van der Waals surface area contributed by atoms with E-state index in [1.165, 1.54) is 12.1 Å². The second-order valence-corrected chi connectivity index (χ2v) is 8.46. The molecule has 1 atom stereocenters. The van der Waals surface area contributed by atoms with Crippen molar-refractivity contribution in [3.8, 4) is 17.6 Å². The highest BCUT2D eigenvalue weighted by atomic mass is 127. The number of allylic oxidation sites excluding steroid dienone is 2. The number of carbonyl (C=O) groups excluding carboxylic acids is 1. The second-order valence-electron chi connectivity index (χ2n) is 7.29. The summed E-state index contributed by atoms with van der Waals surface area (Å²) in [6, 6.07) is 11.6. The maximum Gasteiger partial charge on any atom is 0.338 e. The van der Waals surface area contributed by atoms with Gasteiger partial charge in [0.2, 0.25) is 5.88 Å². The molecule has 0 aliphatic carbocycles. The number of nitrogens with two attached hydrogens (primary N) is 1. The van der Waals surface area contributed by atoms with Gasteiger partial charge in [-0.3, -0.25) is 0 Å². The molecule has 0 spiro atoms. The topological polar surface area (TPSA) is 104 Å². The Balaban J connectivity index is 2.06. The molecule has 9 heteroatoms. The van der Waals surface area contributed by atoms with Gasteiger partial charge in [-0.15, -0.1) is 0 Å². The van der Waals surface area contributed by atoms with Crippen molar-refractivity contribution in [2.24, 2.45) is 5.73 Å². The molecule has 3 rings (SSSR count). The normalized spacial score (nSPS) is 15.5. The molecule has 34 heavy (non-hydrogen) atoms. The Morgan fingerprint density at radius 3 is 2.53 bits per heavy atom. The minimum absolute atomic E-state index is 0.0670. The summed E-state index contributed by atoms with van der Waals surface area (Å²) in [6.45, 7) is 5.88. The monoisotopic (exact) mass is 578 g/mol. The van der Waals surface area contributed by atoms with Gasteiger partial charge in [-0.25, -0.2) is 9.18 Å². The summed E-state index contributed by atoms with van der Waals surface area (Å²) in [6.07, 6.45) is 0. The molecule has 0 saturated heterocycles. The number of carbonyl (C=O) groups is 1. The molecule has 0 amide bonds. The van der Waals surface area contributed by atoms with Crippen molar-refractivity contribution in [1.82, 2.24) is 0 Å². The van der Waals surface area contributed by atoms with Crippen LogP contribution in [0.4, 0.5) is 4.39 Å². The van der Waals surface area contributed by atoms with Crippen molar-refractivity contribution in [2.75, 3.05) is 13.2 Å². The van der Waals surface area contributed by atoms with E-state index in [9.17, 15) is 14.4 Å². The minimum Gasteiger partial charge on any atom is -0.490 e. The highest BCUT2D eigenvalue weighted by molar-refractivity contribution is 14.1. The van der Waals surface area contributed by atoms with Gasteiger partial charge in [0.25, 0.3) is 0 Å². The van der Waals surface area contributed by atoms with Gasteiger partial charge in [-0.05, 0) is 78.8 Å².